The lowest BCUT2D eigenvalue weighted by molar-refractivity contribution is 0.355. The first kappa shape index (κ1) is 13.0. The Morgan fingerprint density at radius 2 is 2.24 bits per heavy atom. The predicted molar refractivity (Wildman–Crippen MR) is 68.7 cm³/mol. The highest BCUT2D eigenvalue weighted by atomic mass is 79.9. The molecule has 1 fully saturated rings. The maximum Gasteiger partial charge on any atom is 0.262 e. The molecule has 2 heterocycles. The molecule has 0 bridgehead atoms. The molecule has 2 rings (SSSR count). The Labute approximate surface area is 110 Å². The second-order valence-electron chi connectivity index (χ2n) is 4.34. The van der Waals surface area contributed by atoms with Crippen molar-refractivity contribution in [3.8, 4) is 0 Å². The van der Waals surface area contributed by atoms with Gasteiger partial charge in [-0.25, -0.2) is 13.4 Å². The van der Waals surface area contributed by atoms with E-state index in [4.69, 9.17) is 0 Å². The lowest BCUT2D eigenvalue weighted by atomic mass is 10.2. The largest absolute Gasteiger partial charge is 0.337 e. The second-order valence-corrected chi connectivity index (χ2v) is 7.52. The summed E-state index contributed by atoms with van der Waals surface area (Å²) in [5.74, 6) is 0.705. The number of rotatable bonds is 2. The number of alkyl halides is 1. The number of nitrogens with zero attached hydrogens (tertiary/aromatic N) is 3. The Morgan fingerprint density at radius 3 is 2.76 bits per heavy atom. The average Bonchev–Trinajstić information content (AvgIpc) is 2.60. The number of piperidine rings is 1. The monoisotopic (exact) mass is 321 g/mol. The molecule has 0 saturated carbocycles. The minimum atomic E-state index is -3.43. The molecular weight excluding hydrogens is 306 g/mol. The van der Waals surface area contributed by atoms with Gasteiger partial charge in [-0.3, -0.25) is 0 Å². The van der Waals surface area contributed by atoms with Gasteiger partial charge in [0, 0.05) is 31.2 Å². The Balaban J connectivity index is 2.29. The summed E-state index contributed by atoms with van der Waals surface area (Å²) in [7, 11) is -1.63. The Kier molecular flexibility index (Phi) is 3.61. The van der Waals surface area contributed by atoms with Gasteiger partial charge in [0.25, 0.3) is 10.0 Å². The molecule has 0 N–H and O–H groups in total. The molecule has 7 heteroatoms. The van der Waals surface area contributed by atoms with Crippen molar-refractivity contribution >= 4 is 26.0 Å². The van der Waals surface area contributed by atoms with Crippen molar-refractivity contribution in [3.63, 3.8) is 0 Å². The third-order valence-electron chi connectivity index (χ3n) is 3.02. The maximum atomic E-state index is 12.3. The van der Waals surface area contributed by atoms with Crippen molar-refractivity contribution in [2.45, 2.75) is 29.6 Å². The fourth-order valence-electron chi connectivity index (χ4n) is 1.89. The summed E-state index contributed by atoms with van der Waals surface area (Å²) in [4.78, 5) is 4.35. The first-order valence-electron chi connectivity index (χ1n) is 5.55. The van der Waals surface area contributed by atoms with Crippen LogP contribution in [-0.4, -0.2) is 40.2 Å². The van der Waals surface area contributed by atoms with Crippen LogP contribution in [-0.2, 0) is 17.1 Å². The van der Waals surface area contributed by atoms with Gasteiger partial charge in [0.05, 0.1) is 0 Å². The first-order valence-corrected chi connectivity index (χ1v) is 7.91. The van der Waals surface area contributed by atoms with Crippen molar-refractivity contribution in [1.82, 2.24) is 13.9 Å². The summed E-state index contributed by atoms with van der Waals surface area (Å²) in [5.41, 5.74) is 0. The average molecular weight is 322 g/mol. The van der Waals surface area contributed by atoms with Gasteiger partial charge in [-0.1, -0.05) is 15.9 Å². The van der Waals surface area contributed by atoms with Crippen molar-refractivity contribution < 1.29 is 8.42 Å². The third kappa shape index (κ3) is 2.56. The molecule has 5 nitrogen and oxygen atoms in total. The van der Waals surface area contributed by atoms with E-state index in [0.717, 1.165) is 12.8 Å². The van der Waals surface area contributed by atoms with E-state index in [2.05, 4.69) is 20.9 Å². The number of hydrogen-bond donors (Lipinski definition) is 0. The van der Waals surface area contributed by atoms with Gasteiger partial charge in [-0.15, -0.1) is 0 Å². The van der Waals surface area contributed by atoms with Crippen molar-refractivity contribution in [1.29, 1.82) is 0 Å². The highest BCUT2D eigenvalue weighted by Gasteiger charge is 2.31. The summed E-state index contributed by atoms with van der Waals surface area (Å²) in [6.45, 7) is 2.90. The van der Waals surface area contributed by atoms with Crippen LogP contribution >= 0.6 is 15.9 Å². The van der Waals surface area contributed by atoms with E-state index in [1.54, 1.807) is 24.7 Å². The number of sulfonamides is 1. The van der Waals surface area contributed by atoms with Gasteiger partial charge in [-0.2, -0.15) is 4.31 Å². The highest BCUT2D eigenvalue weighted by molar-refractivity contribution is 9.09. The standard InChI is InChI=1S/C10H16BrN3O2S/c1-8-12-10(7-13(8)2)17(15,16)14-5-3-4-9(11)6-14/h7,9H,3-6H2,1-2H3. The van der Waals surface area contributed by atoms with Crippen molar-refractivity contribution in [2.75, 3.05) is 13.1 Å². The van der Waals surface area contributed by atoms with Gasteiger partial charge in [-0.05, 0) is 19.8 Å². The van der Waals surface area contributed by atoms with E-state index in [1.807, 2.05) is 0 Å². The topological polar surface area (TPSA) is 55.2 Å². The van der Waals surface area contributed by atoms with Crippen LogP contribution in [0.1, 0.15) is 18.7 Å². The van der Waals surface area contributed by atoms with Gasteiger partial charge < -0.3 is 4.57 Å². The lowest BCUT2D eigenvalue weighted by Crippen LogP contribution is -2.40. The van der Waals surface area contributed by atoms with Crippen LogP contribution in [0.5, 0.6) is 0 Å². The van der Waals surface area contributed by atoms with E-state index < -0.39 is 10.0 Å². The molecule has 1 aromatic rings. The molecule has 0 aliphatic carbocycles. The SMILES string of the molecule is Cc1nc(S(=O)(=O)N2CCCC(Br)C2)cn1C. The van der Waals surface area contributed by atoms with E-state index >= 15 is 0 Å². The number of imidazole rings is 1. The Morgan fingerprint density at radius 1 is 1.53 bits per heavy atom. The fourth-order valence-corrected chi connectivity index (χ4v) is 4.31. The molecule has 1 atom stereocenters. The zero-order valence-corrected chi connectivity index (χ0v) is 12.3. The van der Waals surface area contributed by atoms with E-state index in [1.165, 1.54) is 4.31 Å². The van der Waals surface area contributed by atoms with Crippen LogP contribution in [0.15, 0.2) is 11.2 Å². The zero-order chi connectivity index (χ0) is 12.6. The molecule has 1 unspecified atom stereocenters. The van der Waals surface area contributed by atoms with Crippen LogP contribution in [0, 0.1) is 6.92 Å². The molecule has 1 aromatic heterocycles. The summed E-state index contributed by atoms with van der Waals surface area (Å²) in [5, 5.41) is 0.152. The Bertz CT molecular complexity index is 492. The number of aromatic nitrogens is 2. The second kappa shape index (κ2) is 4.70. The van der Waals surface area contributed by atoms with Crippen LogP contribution in [0.25, 0.3) is 0 Å². The lowest BCUT2D eigenvalue weighted by Gasteiger charge is -2.28. The predicted octanol–water partition coefficient (Wildman–Crippen LogP) is 1.28. The van der Waals surface area contributed by atoms with Crippen LogP contribution in [0.4, 0.5) is 0 Å². The number of halogens is 1. The summed E-state index contributed by atoms with van der Waals surface area (Å²) in [6.07, 6.45) is 3.48. The zero-order valence-electron chi connectivity index (χ0n) is 9.93. The van der Waals surface area contributed by atoms with Gasteiger partial charge in [0.15, 0.2) is 5.03 Å². The molecule has 0 amide bonds. The van der Waals surface area contributed by atoms with E-state index in [-0.39, 0.29) is 9.85 Å². The van der Waals surface area contributed by atoms with Crippen LogP contribution in [0.3, 0.4) is 0 Å². The van der Waals surface area contributed by atoms with E-state index in [9.17, 15) is 8.42 Å². The molecule has 17 heavy (non-hydrogen) atoms. The minimum absolute atomic E-state index is 0.152. The fraction of sp³-hybridized carbons (Fsp3) is 0.700. The van der Waals surface area contributed by atoms with Crippen LogP contribution in [0.2, 0.25) is 0 Å². The van der Waals surface area contributed by atoms with Gasteiger partial charge >= 0.3 is 0 Å². The van der Waals surface area contributed by atoms with Gasteiger partial charge in [0.2, 0.25) is 0 Å². The van der Waals surface area contributed by atoms with Gasteiger partial charge in [0.1, 0.15) is 5.82 Å². The summed E-state index contributed by atoms with van der Waals surface area (Å²) < 4.78 is 27.9. The normalized spacial score (nSPS) is 22.9. The molecule has 1 saturated heterocycles. The summed E-state index contributed by atoms with van der Waals surface area (Å²) >= 11 is 3.48. The first-order chi connectivity index (χ1) is 7.91. The molecule has 1 aliphatic rings. The quantitative estimate of drug-likeness (QED) is 0.771. The smallest absolute Gasteiger partial charge is 0.262 e. The van der Waals surface area contributed by atoms with Crippen LogP contribution < -0.4 is 0 Å². The third-order valence-corrected chi connectivity index (χ3v) is 5.50. The molecule has 0 aromatic carbocycles. The number of aryl methyl sites for hydroxylation is 2. The van der Waals surface area contributed by atoms with Crippen molar-refractivity contribution in [2.24, 2.45) is 7.05 Å². The Hall–Kier alpha value is -0.400. The van der Waals surface area contributed by atoms with E-state index in [0.29, 0.717) is 18.9 Å². The van der Waals surface area contributed by atoms with Crippen molar-refractivity contribution in [3.05, 3.63) is 12.0 Å². The maximum absolute atomic E-state index is 12.3. The molecule has 0 spiro atoms. The minimum Gasteiger partial charge on any atom is -0.337 e. The molecule has 0 radical (unpaired) electrons. The molecule has 1 aliphatic heterocycles. The molecule has 96 valence electrons. The highest BCUT2D eigenvalue weighted by Crippen LogP contribution is 2.23. The number of hydrogen-bond acceptors (Lipinski definition) is 3. The summed E-state index contributed by atoms with van der Waals surface area (Å²) in [6, 6.07) is 0. The molecular formula is C10H16BrN3O2S.